The van der Waals surface area contributed by atoms with Crippen molar-refractivity contribution in [3.8, 4) is 0 Å². The summed E-state index contributed by atoms with van der Waals surface area (Å²) >= 11 is 0. The number of nitrogens with two attached hydrogens (primary N) is 1. The molecule has 2 aliphatic rings. The SMILES string of the molecule is CN1CCN([C@@H]2COC[C@H]2N)CC1.Cl.Cl.Cl. The molecule has 0 bridgehead atoms. The highest BCUT2D eigenvalue weighted by molar-refractivity contribution is 5.86. The lowest BCUT2D eigenvalue weighted by Crippen LogP contribution is -2.54. The molecule has 2 heterocycles. The molecule has 100 valence electrons. The lowest BCUT2D eigenvalue weighted by Gasteiger charge is -2.37. The second-order valence-electron chi connectivity index (χ2n) is 4.11. The second kappa shape index (κ2) is 8.75. The summed E-state index contributed by atoms with van der Waals surface area (Å²) in [6.45, 7) is 6.14. The molecule has 0 aliphatic carbocycles. The molecule has 2 fully saturated rings. The number of hydrogen-bond donors (Lipinski definition) is 1. The average Bonchev–Trinajstić information content (AvgIpc) is 2.53. The third-order valence-electron chi connectivity index (χ3n) is 3.10. The minimum absolute atomic E-state index is 0. The van der Waals surface area contributed by atoms with Crippen LogP contribution in [0, 0.1) is 0 Å². The number of ether oxygens (including phenoxy) is 1. The van der Waals surface area contributed by atoms with Crippen LogP contribution in [0.5, 0.6) is 0 Å². The fraction of sp³-hybridized carbons (Fsp3) is 1.00. The Labute approximate surface area is 116 Å². The van der Waals surface area contributed by atoms with Gasteiger partial charge >= 0.3 is 0 Å². The van der Waals surface area contributed by atoms with Gasteiger partial charge in [-0.15, -0.1) is 37.2 Å². The van der Waals surface area contributed by atoms with Gasteiger partial charge in [0.15, 0.2) is 0 Å². The van der Waals surface area contributed by atoms with Gasteiger partial charge in [-0.3, -0.25) is 4.90 Å². The largest absolute Gasteiger partial charge is 0.378 e. The Hall–Kier alpha value is 0.710. The third-order valence-corrected chi connectivity index (χ3v) is 3.10. The van der Waals surface area contributed by atoms with Gasteiger partial charge in [0.1, 0.15) is 0 Å². The first-order chi connectivity index (χ1) is 6.27. The maximum absolute atomic E-state index is 5.96. The second-order valence-corrected chi connectivity index (χ2v) is 4.11. The lowest BCUT2D eigenvalue weighted by atomic mass is 10.1. The van der Waals surface area contributed by atoms with Gasteiger partial charge < -0.3 is 15.4 Å². The maximum Gasteiger partial charge on any atom is 0.0638 e. The van der Waals surface area contributed by atoms with Crippen molar-refractivity contribution < 1.29 is 4.74 Å². The predicted octanol–water partition coefficient (Wildman–Crippen LogP) is 0.225. The molecule has 0 aromatic rings. The van der Waals surface area contributed by atoms with Crippen molar-refractivity contribution in [2.45, 2.75) is 12.1 Å². The molecule has 0 saturated carbocycles. The van der Waals surface area contributed by atoms with Crippen molar-refractivity contribution in [1.29, 1.82) is 0 Å². The van der Waals surface area contributed by atoms with Gasteiger partial charge in [-0.25, -0.2) is 0 Å². The quantitative estimate of drug-likeness (QED) is 0.751. The average molecular weight is 295 g/mol. The molecule has 4 nitrogen and oxygen atoms in total. The van der Waals surface area contributed by atoms with E-state index >= 15 is 0 Å². The minimum atomic E-state index is 0. The van der Waals surface area contributed by atoms with Crippen LogP contribution in [0.4, 0.5) is 0 Å². The molecule has 2 N–H and O–H groups in total. The van der Waals surface area contributed by atoms with Gasteiger partial charge in [-0.05, 0) is 7.05 Å². The zero-order valence-electron chi connectivity index (χ0n) is 9.50. The Bertz CT molecular complexity index is 179. The third kappa shape index (κ3) is 4.53. The molecule has 2 rings (SSSR count). The highest BCUT2D eigenvalue weighted by atomic mass is 35.5. The zero-order chi connectivity index (χ0) is 9.26. The van der Waals surface area contributed by atoms with Crippen molar-refractivity contribution in [1.82, 2.24) is 9.80 Å². The summed E-state index contributed by atoms with van der Waals surface area (Å²) in [5, 5.41) is 0. The van der Waals surface area contributed by atoms with E-state index in [0.717, 1.165) is 39.4 Å². The van der Waals surface area contributed by atoms with Crippen LogP contribution in [0.25, 0.3) is 0 Å². The highest BCUT2D eigenvalue weighted by Crippen LogP contribution is 2.13. The van der Waals surface area contributed by atoms with Gasteiger partial charge in [0.05, 0.1) is 19.3 Å². The Kier molecular flexibility index (Phi) is 10.4. The fourth-order valence-corrected chi connectivity index (χ4v) is 2.09. The van der Waals surface area contributed by atoms with E-state index in [-0.39, 0.29) is 43.3 Å². The number of halogens is 3. The van der Waals surface area contributed by atoms with Crippen molar-refractivity contribution in [3.63, 3.8) is 0 Å². The molecule has 16 heavy (non-hydrogen) atoms. The van der Waals surface area contributed by atoms with Crippen LogP contribution >= 0.6 is 37.2 Å². The fourth-order valence-electron chi connectivity index (χ4n) is 2.09. The molecular weight excluding hydrogens is 272 g/mol. The van der Waals surface area contributed by atoms with E-state index in [4.69, 9.17) is 10.5 Å². The Balaban J connectivity index is 0. The lowest BCUT2D eigenvalue weighted by molar-refractivity contribution is 0.0939. The standard InChI is InChI=1S/C9H19N3O.3ClH/c1-11-2-4-12(5-3-11)9-7-13-6-8(9)10;;;/h8-9H,2-7,10H2,1H3;3*1H/t8-,9-;;;/m1.../s1. The molecule has 0 radical (unpaired) electrons. The van der Waals surface area contributed by atoms with Crippen LogP contribution < -0.4 is 5.73 Å². The van der Waals surface area contributed by atoms with Gasteiger partial charge in [-0.2, -0.15) is 0 Å². The first-order valence-electron chi connectivity index (χ1n) is 5.03. The van der Waals surface area contributed by atoms with Crippen LogP contribution in [-0.4, -0.2) is 68.3 Å². The van der Waals surface area contributed by atoms with E-state index in [9.17, 15) is 0 Å². The van der Waals surface area contributed by atoms with Crippen LogP contribution in [-0.2, 0) is 4.74 Å². The number of likely N-dealkylation sites (N-methyl/N-ethyl adjacent to an activating group) is 1. The molecule has 0 aromatic heterocycles. The van der Waals surface area contributed by atoms with E-state index in [2.05, 4.69) is 16.8 Å². The van der Waals surface area contributed by atoms with Gasteiger partial charge in [0.25, 0.3) is 0 Å². The van der Waals surface area contributed by atoms with Crippen LogP contribution in [0.1, 0.15) is 0 Å². The van der Waals surface area contributed by atoms with Crippen molar-refractivity contribution in [3.05, 3.63) is 0 Å². The number of rotatable bonds is 1. The molecule has 2 atom stereocenters. The highest BCUT2D eigenvalue weighted by Gasteiger charge is 2.31. The van der Waals surface area contributed by atoms with Gasteiger partial charge in [0, 0.05) is 32.2 Å². The van der Waals surface area contributed by atoms with E-state index < -0.39 is 0 Å². The van der Waals surface area contributed by atoms with Gasteiger partial charge in [0.2, 0.25) is 0 Å². The summed E-state index contributed by atoms with van der Waals surface area (Å²) in [5.41, 5.74) is 5.96. The first kappa shape index (κ1) is 19.1. The summed E-state index contributed by atoms with van der Waals surface area (Å²) in [6, 6.07) is 0.692. The number of piperazine rings is 1. The predicted molar refractivity (Wildman–Crippen MR) is 73.4 cm³/mol. The molecule has 2 saturated heterocycles. The summed E-state index contributed by atoms with van der Waals surface area (Å²) in [4.78, 5) is 4.83. The monoisotopic (exact) mass is 293 g/mol. The van der Waals surface area contributed by atoms with Gasteiger partial charge in [-0.1, -0.05) is 0 Å². The van der Waals surface area contributed by atoms with Crippen LogP contribution in [0.2, 0.25) is 0 Å². The van der Waals surface area contributed by atoms with Crippen molar-refractivity contribution >= 4 is 37.2 Å². The zero-order valence-corrected chi connectivity index (χ0v) is 12.0. The first-order valence-corrected chi connectivity index (χ1v) is 5.03. The Morgan fingerprint density at radius 3 is 2.00 bits per heavy atom. The Morgan fingerprint density at radius 1 is 1.00 bits per heavy atom. The summed E-state index contributed by atoms with van der Waals surface area (Å²) in [5.74, 6) is 0. The van der Waals surface area contributed by atoms with E-state index in [1.165, 1.54) is 0 Å². The van der Waals surface area contributed by atoms with E-state index in [1.807, 2.05) is 0 Å². The van der Waals surface area contributed by atoms with Crippen LogP contribution in [0.3, 0.4) is 0 Å². The topological polar surface area (TPSA) is 41.7 Å². The van der Waals surface area contributed by atoms with Crippen molar-refractivity contribution in [2.24, 2.45) is 5.73 Å². The van der Waals surface area contributed by atoms with E-state index in [1.54, 1.807) is 0 Å². The summed E-state index contributed by atoms with van der Waals surface area (Å²) in [6.07, 6.45) is 0. The van der Waals surface area contributed by atoms with E-state index in [0.29, 0.717) is 6.04 Å². The van der Waals surface area contributed by atoms with Crippen molar-refractivity contribution in [2.75, 3.05) is 46.4 Å². The molecule has 0 unspecified atom stereocenters. The molecule has 7 heteroatoms. The Morgan fingerprint density at radius 2 is 1.56 bits per heavy atom. The normalized spacial score (nSPS) is 31.1. The molecule has 0 spiro atoms. The molecular formula is C9H22Cl3N3O. The number of hydrogen-bond acceptors (Lipinski definition) is 4. The number of nitrogens with zero attached hydrogens (tertiary/aromatic N) is 2. The maximum atomic E-state index is 5.96. The molecule has 0 aromatic carbocycles. The van der Waals surface area contributed by atoms with Crippen LogP contribution in [0.15, 0.2) is 0 Å². The summed E-state index contributed by atoms with van der Waals surface area (Å²) in [7, 11) is 2.17. The molecule has 0 amide bonds. The summed E-state index contributed by atoms with van der Waals surface area (Å²) < 4.78 is 5.37. The molecule has 2 aliphatic heterocycles. The minimum Gasteiger partial charge on any atom is -0.378 e. The smallest absolute Gasteiger partial charge is 0.0638 e.